The minimum Gasteiger partial charge on any atom is -0.378 e. The highest BCUT2D eigenvalue weighted by atomic mass is 19.2. The van der Waals surface area contributed by atoms with Gasteiger partial charge in [0.05, 0.1) is 19.3 Å². The Kier molecular flexibility index (Phi) is 2.93. The Balaban J connectivity index is 2.27. The lowest BCUT2D eigenvalue weighted by Crippen LogP contribution is -2.34. The Hall–Kier alpha value is -1.07. The SMILES string of the molecule is Fc1cc([C@H]2COCCN2)cc(F)c1F. The summed E-state index contributed by atoms with van der Waals surface area (Å²) in [7, 11) is 0. The quantitative estimate of drug-likeness (QED) is 0.724. The van der Waals surface area contributed by atoms with Gasteiger partial charge >= 0.3 is 0 Å². The maximum Gasteiger partial charge on any atom is 0.194 e. The third-order valence-corrected chi connectivity index (χ3v) is 2.33. The van der Waals surface area contributed by atoms with Crippen molar-refractivity contribution in [3.8, 4) is 0 Å². The molecule has 1 aliphatic heterocycles. The molecule has 1 aliphatic rings. The maximum absolute atomic E-state index is 12.9. The first-order valence-corrected chi connectivity index (χ1v) is 4.64. The molecule has 0 saturated carbocycles. The van der Waals surface area contributed by atoms with Crippen LogP contribution in [0.25, 0.3) is 0 Å². The van der Waals surface area contributed by atoms with Crippen molar-refractivity contribution < 1.29 is 17.9 Å². The average Bonchev–Trinajstić information content (AvgIpc) is 2.26. The first kappa shape index (κ1) is 10.4. The third kappa shape index (κ3) is 2.13. The molecule has 1 atom stereocenters. The molecule has 0 spiro atoms. The summed E-state index contributed by atoms with van der Waals surface area (Å²) in [5.41, 5.74) is 0.367. The van der Waals surface area contributed by atoms with E-state index in [0.717, 1.165) is 12.1 Å². The fourth-order valence-corrected chi connectivity index (χ4v) is 1.56. The molecule has 1 aromatic carbocycles. The summed E-state index contributed by atoms with van der Waals surface area (Å²) in [5, 5.41) is 3.03. The maximum atomic E-state index is 12.9. The van der Waals surface area contributed by atoms with E-state index in [1.54, 1.807) is 0 Å². The normalized spacial score (nSPS) is 21.7. The van der Waals surface area contributed by atoms with Crippen molar-refractivity contribution in [1.82, 2.24) is 5.32 Å². The van der Waals surface area contributed by atoms with Gasteiger partial charge in [0.15, 0.2) is 17.5 Å². The second kappa shape index (κ2) is 4.20. The van der Waals surface area contributed by atoms with E-state index in [9.17, 15) is 13.2 Å². The largest absolute Gasteiger partial charge is 0.378 e. The van der Waals surface area contributed by atoms with E-state index in [4.69, 9.17) is 4.74 Å². The molecule has 15 heavy (non-hydrogen) atoms. The van der Waals surface area contributed by atoms with Crippen LogP contribution in [0, 0.1) is 17.5 Å². The van der Waals surface area contributed by atoms with E-state index in [-0.39, 0.29) is 6.04 Å². The van der Waals surface area contributed by atoms with E-state index in [1.807, 2.05) is 0 Å². The zero-order chi connectivity index (χ0) is 10.8. The fraction of sp³-hybridized carbons (Fsp3) is 0.400. The van der Waals surface area contributed by atoms with Crippen molar-refractivity contribution in [2.24, 2.45) is 0 Å². The molecule has 0 amide bonds. The van der Waals surface area contributed by atoms with Crippen LogP contribution >= 0.6 is 0 Å². The lowest BCUT2D eigenvalue weighted by Gasteiger charge is -2.24. The van der Waals surface area contributed by atoms with Crippen LogP contribution in [0.4, 0.5) is 13.2 Å². The van der Waals surface area contributed by atoms with Crippen LogP contribution in [0.5, 0.6) is 0 Å². The fourth-order valence-electron chi connectivity index (χ4n) is 1.56. The average molecular weight is 217 g/mol. The molecule has 0 bridgehead atoms. The minimum atomic E-state index is -1.43. The predicted molar refractivity (Wildman–Crippen MR) is 47.9 cm³/mol. The summed E-state index contributed by atoms with van der Waals surface area (Å²) < 4.78 is 43.6. The van der Waals surface area contributed by atoms with E-state index in [1.165, 1.54) is 0 Å². The molecule has 0 aromatic heterocycles. The van der Waals surface area contributed by atoms with Gasteiger partial charge in [-0.05, 0) is 17.7 Å². The molecular formula is C10H10F3NO. The summed E-state index contributed by atoms with van der Waals surface area (Å²) >= 11 is 0. The first-order chi connectivity index (χ1) is 7.18. The van der Waals surface area contributed by atoms with Gasteiger partial charge in [-0.25, -0.2) is 13.2 Å². The zero-order valence-corrected chi connectivity index (χ0v) is 7.90. The molecule has 1 N–H and O–H groups in total. The molecule has 82 valence electrons. The number of morpholine rings is 1. The van der Waals surface area contributed by atoms with E-state index in [0.29, 0.717) is 25.3 Å². The van der Waals surface area contributed by atoms with Crippen molar-refractivity contribution >= 4 is 0 Å². The highest BCUT2D eigenvalue weighted by Crippen LogP contribution is 2.20. The Morgan fingerprint density at radius 3 is 2.40 bits per heavy atom. The van der Waals surface area contributed by atoms with Crippen molar-refractivity contribution in [2.75, 3.05) is 19.8 Å². The second-order valence-corrected chi connectivity index (χ2v) is 3.38. The van der Waals surface area contributed by atoms with Crippen LogP contribution in [-0.4, -0.2) is 19.8 Å². The monoisotopic (exact) mass is 217 g/mol. The Bertz CT molecular complexity index is 341. The van der Waals surface area contributed by atoms with Gasteiger partial charge in [-0.15, -0.1) is 0 Å². The van der Waals surface area contributed by atoms with Gasteiger partial charge in [0.1, 0.15) is 0 Å². The van der Waals surface area contributed by atoms with Crippen molar-refractivity contribution in [1.29, 1.82) is 0 Å². The smallest absolute Gasteiger partial charge is 0.194 e. The Morgan fingerprint density at radius 2 is 1.87 bits per heavy atom. The van der Waals surface area contributed by atoms with Gasteiger partial charge in [-0.1, -0.05) is 0 Å². The van der Waals surface area contributed by atoms with Crippen molar-refractivity contribution in [2.45, 2.75) is 6.04 Å². The van der Waals surface area contributed by atoms with Crippen LogP contribution in [0.15, 0.2) is 12.1 Å². The molecular weight excluding hydrogens is 207 g/mol. The standard InChI is InChI=1S/C10H10F3NO/c11-7-3-6(4-8(12)10(7)13)9-5-15-2-1-14-9/h3-4,9,14H,1-2,5H2/t9-/m1/s1. The van der Waals surface area contributed by atoms with Crippen LogP contribution in [0.2, 0.25) is 0 Å². The van der Waals surface area contributed by atoms with Crippen LogP contribution < -0.4 is 5.32 Å². The lowest BCUT2D eigenvalue weighted by molar-refractivity contribution is 0.0766. The number of rotatable bonds is 1. The number of halogens is 3. The van der Waals surface area contributed by atoms with Crippen molar-refractivity contribution in [3.05, 3.63) is 35.1 Å². The lowest BCUT2D eigenvalue weighted by atomic mass is 10.1. The number of benzene rings is 1. The number of ether oxygens (including phenoxy) is 1. The molecule has 1 saturated heterocycles. The molecule has 0 unspecified atom stereocenters. The first-order valence-electron chi connectivity index (χ1n) is 4.64. The van der Waals surface area contributed by atoms with Gasteiger partial charge in [0.2, 0.25) is 0 Å². The molecule has 2 nitrogen and oxygen atoms in total. The Labute approximate surface area is 85.0 Å². The third-order valence-electron chi connectivity index (χ3n) is 2.33. The molecule has 1 fully saturated rings. The minimum absolute atomic E-state index is 0.275. The van der Waals surface area contributed by atoms with Gasteiger partial charge in [-0.2, -0.15) is 0 Å². The molecule has 1 heterocycles. The summed E-state index contributed by atoms with van der Waals surface area (Å²) in [6.45, 7) is 1.53. The van der Waals surface area contributed by atoms with E-state index >= 15 is 0 Å². The summed E-state index contributed by atoms with van der Waals surface area (Å²) in [4.78, 5) is 0. The predicted octanol–water partition coefficient (Wildman–Crippen LogP) is 1.76. The van der Waals surface area contributed by atoms with Gasteiger partial charge < -0.3 is 10.1 Å². The molecule has 1 aromatic rings. The Morgan fingerprint density at radius 1 is 1.20 bits per heavy atom. The second-order valence-electron chi connectivity index (χ2n) is 3.38. The van der Waals surface area contributed by atoms with Crippen LogP contribution in [-0.2, 0) is 4.74 Å². The highest BCUT2D eigenvalue weighted by molar-refractivity contribution is 5.23. The van der Waals surface area contributed by atoms with Crippen LogP contribution in [0.3, 0.4) is 0 Å². The highest BCUT2D eigenvalue weighted by Gasteiger charge is 2.19. The molecule has 2 rings (SSSR count). The van der Waals surface area contributed by atoms with Crippen molar-refractivity contribution in [3.63, 3.8) is 0 Å². The van der Waals surface area contributed by atoms with Gasteiger partial charge in [0, 0.05) is 6.54 Å². The van der Waals surface area contributed by atoms with E-state index < -0.39 is 17.5 Å². The van der Waals surface area contributed by atoms with Gasteiger partial charge in [0.25, 0.3) is 0 Å². The topological polar surface area (TPSA) is 21.3 Å². The molecule has 0 aliphatic carbocycles. The summed E-state index contributed by atoms with van der Waals surface area (Å²) in [6.07, 6.45) is 0. The van der Waals surface area contributed by atoms with Crippen LogP contribution in [0.1, 0.15) is 11.6 Å². The van der Waals surface area contributed by atoms with Gasteiger partial charge in [-0.3, -0.25) is 0 Å². The van der Waals surface area contributed by atoms with E-state index in [2.05, 4.69) is 5.32 Å². The number of nitrogens with one attached hydrogen (secondary N) is 1. The molecule has 0 radical (unpaired) electrons. The summed E-state index contributed by atoms with van der Waals surface area (Å²) in [6, 6.07) is 1.71. The number of hydrogen-bond acceptors (Lipinski definition) is 2. The summed E-state index contributed by atoms with van der Waals surface area (Å²) in [5.74, 6) is -3.77. The zero-order valence-electron chi connectivity index (χ0n) is 7.90. The molecule has 5 heteroatoms. The number of hydrogen-bond donors (Lipinski definition) is 1.